The molecule has 1 saturated heterocycles. The van der Waals surface area contributed by atoms with Crippen LogP contribution in [0.15, 0.2) is 0 Å². The number of carboxylic acids is 1. The molecule has 0 aliphatic carbocycles. The number of hydrogen-bond acceptors (Lipinski definition) is 3. The lowest BCUT2D eigenvalue weighted by Crippen LogP contribution is -2.60. The Kier molecular flexibility index (Phi) is 5.42. The molecule has 3 N–H and O–H groups in total. The first-order valence-electron chi connectivity index (χ1n) is 7.86. The highest BCUT2D eigenvalue weighted by atomic mass is 16.4. The molecule has 1 heterocycles. The fraction of sp³-hybridized carbons (Fsp3) is 0.875. The van der Waals surface area contributed by atoms with E-state index in [2.05, 4.69) is 17.6 Å². The van der Waals surface area contributed by atoms with E-state index in [1.165, 1.54) is 0 Å². The zero-order chi connectivity index (χ0) is 16.3. The fourth-order valence-electron chi connectivity index (χ4n) is 2.81. The van der Waals surface area contributed by atoms with E-state index in [9.17, 15) is 14.7 Å². The van der Waals surface area contributed by atoms with Gasteiger partial charge in [0.2, 0.25) is 5.91 Å². The Hall–Kier alpha value is -1.10. The smallest absolute Gasteiger partial charge is 0.311 e. The summed E-state index contributed by atoms with van der Waals surface area (Å²) in [6, 6.07) is 0. The van der Waals surface area contributed by atoms with Crippen molar-refractivity contribution in [3.8, 4) is 0 Å². The molecule has 0 spiro atoms. The Morgan fingerprint density at radius 1 is 1.19 bits per heavy atom. The largest absolute Gasteiger partial charge is 0.481 e. The van der Waals surface area contributed by atoms with Gasteiger partial charge in [0.15, 0.2) is 0 Å². The maximum Gasteiger partial charge on any atom is 0.311 e. The van der Waals surface area contributed by atoms with Gasteiger partial charge in [-0.2, -0.15) is 0 Å². The predicted molar refractivity (Wildman–Crippen MR) is 83.1 cm³/mol. The first kappa shape index (κ1) is 18.0. The molecular formula is C16H30N2O3. The van der Waals surface area contributed by atoms with Gasteiger partial charge in [-0.1, -0.05) is 13.3 Å². The molecule has 1 fully saturated rings. The molecule has 21 heavy (non-hydrogen) atoms. The van der Waals surface area contributed by atoms with Crippen molar-refractivity contribution in [1.82, 2.24) is 10.6 Å². The van der Waals surface area contributed by atoms with Crippen LogP contribution in [0.5, 0.6) is 0 Å². The number of hydrogen-bond donors (Lipinski definition) is 3. The number of carbonyl (C=O) groups excluding carboxylic acids is 1. The van der Waals surface area contributed by atoms with Crippen molar-refractivity contribution >= 4 is 11.9 Å². The van der Waals surface area contributed by atoms with Crippen LogP contribution < -0.4 is 10.6 Å². The Bertz CT molecular complexity index is 391. The third-order valence-electron chi connectivity index (χ3n) is 5.29. The summed E-state index contributed by atoms with van der Waals surface area (Å²) in [5.74, 6) is -0.896. The Balaban J connectivity index is 2.93. The van der Waals surface area contributed by atoms with Gasteiger partial charge in [-0.25, -0.2) is 0 Å². The van der Waals surface area contributed by atoms with Gasteiger partial charge in [-0.3, -0.25) is 9.59 Å². The number of amides is 1. The molecule has 5 heteroatoms. The molecule has 0 atom stereocenters. The van der Waals surface area contributed by atoms with Crippen molar-refractivity contribution in [1.29, 1.82) is 0 Å². The van der Waals surface area contributed by atoms with Gasteiger partial charge >= 0.3 is 5.97 Å². The molecular weight excluding hydrogens is 268 g/mol. The third-order valence-corrected chi connectivity index (χ3v) is 5.29. The van der Waals surface area contributed by atoms with E-state index in [4.69, 9.17) is 0 Å². The highest BCUT2D eigenvalue weighted by molar-refractivity contribution is 5.85. The van der Waals surface area contributed by atoms with Crippen LogP contribution in [0.1, 0.15) is 60.3 Å². The van der Waals surface area contributed by atoms with E-state index in [-0.39, 0.29) is 11.3 Å². The standard InChI is InChI=1S/C16H30N2O3/c1-6-7-16(8-10-17-11-9-16)12(19)18-15(4,5)14(2,3)13(20)21/h17H,6-11H2,1-5H3,(H,18,19)(H,20,21). The molecule has 122 valence electrons. The zero-order valence-corrected chi connectivity index (χ0v) is 14.0. The topological polar surface area (TPSA) is 78.4 Å². The van der Waals surface area contributed by atoms with E-state index in [1.807, 2.05) is 0 Å². The van der Waals surface area contributed by atoms with Crippen molar-refractivity contribution in [2.24, 2.45) is 10.8 Å². The van der Waals surface area contributed by atoms with Crippen LogP contribution in [0.25, 0.3) is 0 Å². The lowest BCUT2D eigenvalue weighted by atomic mass is 9.71. The maximum atomic E-state index is 12.9. The van der Waals surface area contributed by atoms with Crippen LogP contribution in [0, 0.1) is 10.8 Å². The molecule has 0 aromatic carbocycles. The van der Waals surface area contributed by atoms with Crippen molar-refractivity contribution in [2.75, 3.05) is 13.1 Å². The average molecular weight is 298 g/mol. The van der Waals surface area contributed by atoms with Crippen LogP contribution in [0.4, 0.5) is 0 Å². The molecule has 1 rings (SSSR count). The number of carbonyl (C=O) groups is 2. The van der Waals surface area contributed by atoms with Gasteiger partial charge in [0.05, 0.1) is 10.8 Å². The number of piperidine rings is 1. The second-order valence-corrected chi connectivity index (χ2v) is 7.29. The van der Waals surface area contributed by atoms with Crippen molar-refractivity contribution in [2.45, 2.75) is 65.8 Å². The summed E-state index contributed by atoms with van der Waals surface area (Å²) in [5, 5.41) is 15.7. The lowest BCUT2D eigenvalue weighted by Gasteiger charge is -2.43. The van der Waals surface area contributed by atoms with Gasteiger partial charge < -0.3 is 15.7 Å². The molecule has 5 nitrogen and oxygen atoms in total. The van der Waals surface area contributed by atoms with Gasteiger partial charge in [0, 0.05) is 5.54 Å². The first-order chi connectivity index (χ1) is 9.59. The molecule has 0 saturated carbocycles. The molecule has 0 aromatic heterocycles. The average Bonchev–Trinajstić information content (AvgIpc) is 2.39. The molecule has 0 aromatic rings. The van der Waals surface area contributed by atoms with Crippen molar-refractivity contribution in [3.63, 3.8) is 0 Å². The van der Waals surface area contributed by atoms with Crippen LogP contribution >= 0.6 is 0 Å². The summed E-state index contributed by atoms with van der Waals surface area (Å²) in [6.45, 7) is 10.7. The first-order valence-corrected chi connectivity index (χ1v) is 7.86. The highest BCUT2D eigenvalue weighted by Gasteiger charge is 2.48. The summed E-state index contributed by atoms with van der Waals surface area (Å²) in [7, 11) is 0. The Labute approximate surface area is 127 Å². The summed E-state index contributed by atoms with van der Waals surface area (Å²) >= 11 is 0. The molecule has 0 unspecified atom stereocenters. The zero-order valence-electron chi connectivity index (χ0n) is 14.0. The van der Waals surface area contributed by atoms with Crippen LogP contribution in [-0.4, -0.2) is 35.6 Å². The predicted octanol–water partition coefficient (Wildman–Crippen LogP) is 2.16. The molecule has 1 amide bonds. The van der Waals surface area contributed by atoms with Crippen molar-refractivity contribution < 1.29 is 14.7 Å². The van der Waals surface area contributed by atoms with Crippen molar-refractivity contribution in [3.05, 3.63) is 0 Å². The van der Waals surface area contributed by atoms with E-state index < -0.39 is 16.9 Å². The molecule has 0 bridgehead atoms. The van der Waals surface area contributed by atoms with Crippen LogP contribution in [0.2, 0.25) is 0 Å². The minimum absolute atomic E-state index is 0.00479. The minimum atomic E-state index is -1.02. The monoisotopic (exact) mass is 298 g/mol. The summed E-state index contributed by atoms with van der Waals surface area (Å²) in [6.07, 6.45) is 3.44. The number of aliphatic carboxylic acids is 1. The molecule has 1 aliphatic rings. The van der Waals surface area contributed by atoms with Gasteiger partial charge in [0.25, 0.3) is 0 Å². The van der Waals surface area contributed by atoms with E-state index in [0.29, 0.717) is 0 Å². The number of nitrogens with one attached hydrogen (secondary N) is 2. The van der Waals surface area contributed by atoms with E-state index >= 15 is 0 Å². The quantitative estimate of drug-likeness (QED) is 0.702. The summed E-state index contributed by atoms with van der Waals surface area (Å²) in [4.78, 5) is 24.3. The summed E-state index contributed by atoms with van der Waals surface area (Å²) < 4.78 is 0. The third kappa shape index (κ3) is 3.57. The van der Waals surface area contributed by atoms with Crippen LogP contribution in [0.3, 0.4) is 0 Å². The SMILES string of the molecule is CCCC1(C(=O)NC(C)(C)C(C)(C)C(=O)O)CCNCC1. The molecule has 1 aliphatic heterocycles. The highest BCUT2D eigenvalue weighted by Crippen LogP contribution is 2.37. The van der Waals surface area contributed by atoms with Crippen LogP contribution in [-0.2, 0) is 9.59 Å². The van der Waals surface area contributed by atoms with Gasteiger partial charge in [0.1, 0.15) is 0 Å². The van der Waals surface area contributed by atoms with E-state index in [0.717, 1.165) is 38.8 Å². The molecule has 0 radical (unpaired) electrons. The Morgan fingerprint density at radius 3 is 2.14 bits per heavy atom. The van der Waals surface area contributed by atoms with Gasteiger partial charge in [-0.15, -0.1) is 0 Å². The lowest BCUT2D eigenvalue weighted by molar-refractivity contribution is -0.153. The second kappa shape index (κ2) is 6.34. The Morgan fingerprint density at radius 2 is 1.71 bits per heavy atom. The maximum absolute atomic E-state index is 12.9. The second-order valence-electron chi connectivity index (χ2n) is 7.29. The van der Waals surface area contributed by atoms with E-state index in [1.54, 1.807) is 27.7 Å². The minimum Gasteiger partial charge on any atom is -0.481 e. The van der Waals surface area contributed by atoms with Gasteiger partial charge in [-0.05, 0) is 60.0 Å². The normalized spacial score (nSPS) is 19.1. The number of rotatable bonds is 6. The summed E-state index contributed by atoms with van der Waals surface area (Å²) in [5.41, 5.74) is -2.18. The fourth-order valence-corrected chi connectivity index (χ4v) is 2.81. The number of carboxylic acid groups (broad SMARTS) is 1.